The molecule has 24 heavy (non-hydrogen) atoms. The Labute approximate surface area is 141 Å². The molecule has 0 amide bonds. The van der Waals surface area contributed by atoms with Crippen molar-refractivity contribution in [2.45, 2.75) is 49.7 Å². The Morgan fingerprint density at radius 1 is 0.875 bits per heavy atom. The van der Waals surface area contributed by atoms with Gasteiger partial charge in [-0.1, -0.05) is 12.1 Å². The maximum Gasteiger partial charge on any atom is 0.225 e. The molecule has 4 N–H and O–H groups in total. The van der Waals surface area contributed by atoms with Crippen LogP contribution in [0.2, 0.25) is 0 Å². The fourth-order valence-corrected chi connectivity index (χ4v) is 3.31. The van der Waals surface area contributed by atoms with Crippen molar-refractivity contribution in [3.05, 3.63) is 24.3 Å². The van der Waals surface area contributed by atoms with Gasteiger partial charge in [-0.2, -0.15) is 4.98 Å². The number of aliphatic hydroxyl groups is 2. The molecular weight excluding hydrogens is 304 g/mol. The van der Waals surface area contributed by atoms with Gasteiger partial charge in [0.15, 0.2) is 0 Å². The van der Waals surface area contributed by atoms with Gasteiger partial charge < -0.3 is 20.8 Å². The van der Waals surface area contributed by atoms with E-state index in [9.17, 15) is 10.2 Å². The van der Waals surface area contributed by atoms with Gasteiger partial charge in [-0.05, 0) is 50.7 Å². The average molecular weight is 328 g/mol. The summed E-state index contributed by atoms with van der Waals surface area (Å²) in [4.78, 5) is 9.11. The van der Waals surface area contributed by atoms with Crippen LogP contribution in [0.4, 0.5) is 11.8 Å². The zero-order valence-electron chi connectivity index (χ0n) is 13.8. The zero-order valence-corrected chi connectivity index (χ0v) is 13.8. The number of benzene rings is 1. The minimum Gasteiger partial charge on any atom is -0.388 e. The Kier molecular flexibility index (Phi) is 3.81. The molecule has 6 heteroatoms. The Balaban J connectivity index is 1.55. The van der Waals surface area contributed by atoms with E-state index < -0.39 is 11.2 Å². The van der Waals surface area contributed by atoms with Crippen molar-refractivity contribution in [2.75, 3.05) is 23.7 Å². The summed E-state index contributed by atoms with van der Waals surface area (Å²) >= 11 is 0. The highest BCUT2D eigenvalue weighted by atomic mass is 16.3. The summed E-state index contributed by atoms with van der Waals surface area (Å²) in [5.74, 6) is 1.24. The summed E-state index contributed by atoms with van der Waals surface area (Å²) in [5.41, 5.74) is -0.386. The molecule has 1 heterocycles. The predicted octanol–water partition coefficient (Wildman–Crippen LogP) is 2.28. The first-order valence-electron chi connectivity index (χ1n) is 8.75. The molecule has 4 rings (SSSR count). The molecule has 2 aliphatic carbocycles. The minimum atomic E-state index is -0.621. The second-order valence-electron chi connectivity index (χ2n) is 7.28. The van der Waals surface area contributed by atoms with Gasteiger partial charge in [-0.3, -0.25) is 0 Å². The second kappa shape index (κ2) is 5.86. The topological polar surface area (TPSA) is 90.3 Å². The Morgan fingerprint density at radius 3 is 2.12 bits per heavy atom. The van der Waals surface area contributed by atoms with E-state index in [-0.39, 0.29) is 0 Å². The van der Waals surface area contributed by atoms with Crippen LogP contribution < -0.4 is 10.6 Å². The van der Waals surface area contributed by atoms with E-state index in [2.05, 4.69) is 20.6 Å². The maximum absolute atomic E-state index is 10.3. The fourth-order valence-electron chi connectivity index (χ4n) is 3.31. The fraction of sp³-hybridized carbons (Fsp3) is 0.556. The van der Waals surface area contributed by atoms with Gasteiger partial charge in [-0.25, -0.2) is 4.98 Å². The zero-order chi connectivity index (χ0) is 16.6. The van der Waals surface area contributed by atoms with Crippen LogP contribution in [0, 0.1) is 0 Å². The lowest BCUT2D eigenvalue weighted by atomic mass is 9.80. The summed E-state index contributed by atoms with van der Waals surface area (Å²) in [6.45, 7) is 0.964. The number of aromatic nitrogens is 2. The first kappa shape index (κ1) is 15.6. The summed E-state index contributed by atoms with van der Waals surface area (Å²) in [5, 5.41) is 27.9. The monoisotopic (exact) mass is 328 g/mol. The molecule has 2 saturated carbocycles. The first-order valence-corrected chi connectivity index (χ1v) is 8.75. The van der Waals surface area contributed by atoms with Gasteiger partial charge in [0.2, 0.25) is 5.95 Å². The molecule has 1 aromatic carbocycles. The lowest BCUT2D eigenvalue weighted by molar-refractivity contribution is -0.0205. The number of rotatable bonds is 6. The van der Waals surface area contributed by atoms with Gasteiger partial charge in [0.1, 0.15) is 5.82 Å². The molecule has 0 bridgehead atoms. The van der Waals surface area contributed by atoms with Crippen LogP contribution in [0.1, 0.15) is 38.5 Å². The van der Waals surface area contributed by atoms with E-state index in [0.29, 0.717) is 19.0 Å². The van der Waals surface area contributed by atoms with E-state index >= 15 is 0 Å². The highest BCUT2D eigenvalue weighted by molar-refractivity contribution is 5.90. The molecular formula is C18H24N4O2. The van der Waals surface area contributed by atoms with Crippen molar-refractivity contribution in [2.24, 2.45) is 0 Å². The molecule has 0 aliphatic heterocycles. The number of nitrogens with one attached hydrogen (secondary N) is 2. The third kappa shape index (κ3) is 3.03. The number of hydrogen-bond acceptors (Lipinski definition) is 6. The molecule has 0 atom stereocenters. The molecule has 2 fully saturated rings. The van der Waals surface area contributed by atoms with Crippen molar-refractivity contribution >= 4 is 22.7 Å². The normalized spacial score (nSPS) is 20.9. The van der Waals surface area contributed by atoms with E-state index in [4.69, 9.17) is 0 Å². The molecule has 0 spiro atoms. The quantitative estimate of drug-likeness (QED) is 0.650. The maximum atomic E-state index is 10.3. The number of nitrogens with zero attached hydrogens (tertiary/aromatic N) is 2. The first-order chi connectivity index (χ1) is 11.6. The van der Waals surface area contributed by atoms with Crippen molar-refractivity contribution in [3.8, 4) is 0 Å². The molecule has 128 valence electrons. The second-order valence-corrected chi connectivity index (χ2v) is 7.28. The molecule has 2 aliphatic rings. The van der Waals surface area contributed by atoms with Crippen molar-refractivity contribution in [1.29, 1.82) is 0 Å². The standard InChI is InChI=1S/C18H24N4O2/c23-17(7-3-8-17)11-19-15-13-5-1-2-6-14(13)21-16(22-15)20-12-18(24)9-4-10-18/h1-2,5-6,23-24H,3-4,7-12H2,(H2,19,20,21,22). The van der Waals surface area contributed by atoms with Crippen molar-refractivity contribution in [1.82, 2.24) is 9.97 Å². The Hall–Kier alpha value is -1.92. The number of para-hydroxylation sites is 1. The van der Waals surface area contributed by atoms with Gasteiger partial charge in [-0.15, -0.1) is 0 Å². The van der Waals surface area contributed by atoms with Crippen LogP contribution in [0.3, 0.4) is 0 Å². The summed E-state index contributed by atoms with van der Waals surface area (Å²) in [7, 11) is 0. The summed E-state index contributed by atoms with van der Waals surface area (Å²) in [6.07, 6.45) is 5.47. The smallest absolute Gasteiger partial charge is 0.225 e. The largest absolute Gasteiger partial charge is 0.388 e. The number of fused-ring (bicyclic) bond motifs is 1. The minimum absolute atomic E-state index is 0.467. The Bertz CT molecular complexity index is 741. The van der Waals surface area contributed by atoms with Gasteiger partial charge in [0.05, 0.1) is 16.7 Å². The van der Waals surface area contributed by atoms with E-state index in [1.54, 1.807) is 0 Å². The lowest BCUT2D eigenvalue weighted by Crippen LogP contribution is -2.44. The Morgan fingerprint density at radius 2 is 1.50 bits per heavy atom. The van der Waals surface area contributed by atoms with E-state index in [0.717, 1.165) is 55.2 Å². The summed E-state index contributed by atoms with van der Waals surface area (Å²) in [6, 6.07) is 7.83. The molecule has 0 saturated heterocycles. The molecule has 1 aromatic heterocycles. The van der Waals surface area contributed by atoms with Crippen molar-refractivity contribution < 1.29 is 10.2 Å². The van der Waals surface area contributed by atoms with Gasteiger partial charge in [0.25, 0.3) is 0 Å². The van der Waals surface area contributed by atoms with Crippen LogP contribution in [0.25, 0.3) is 10.9 Å². The van der Waals surface area contributed by atoms with E-state index in [1.165, 1.54) is 0 Å². The average Bonchev–Trinajstić information content (AvgIpc) is 2.54. The van der Waals surface area contributed by atoms with Crippen molar-refractivity contribution in [3.63, 3.8) is 0 Å². The number of anilines is 2. The van der Waals surface area contributed by atoms with Crippen LogP contribution in [0.15, 0.2) is 24.3 Å². The highest BCUT2D eigenvalue weighted by Gasteiger charge is 2.35. The third-order valence-electron chi connectivity index (χ3n) is 5.33. The molecule has 0 radical (unpaired) electrons. The molecule has 6 nitrogen and oxygen atoms in total. The van der Waals surface area contributed by atoms with Crippen LogP contribution in [0.5, 0.6) is 0 Å². The van der Waals surface area contributed by atoms with Gasteiger partial charge in [0, 0.05) is 18.5 Å². The highest BCUT2D eigenvalue weighted by Crippen LogP contribution is 2.33. The van der Waals surface area contributed by atoms with Crippen LogP contribution in [-0.4, -0.2) is 44.5 Å². The lowest BCUT2D eigenvalue weighted by Gasteiger charge is -2.37. The van der Waals surface area contributed by atoms with Gasteiger partial charge >= 0.3 is 0 Å². The predicted molar refractivity (Wildman–Crippen MR) is 94.1 cm³/mol. The third-order valence-corrected chi connectivity index (χ3v) is 5.33. The summed E-state index contributed by atoms with van der Waals surface area (Å²) < 4.78 is 0. The number of hydrogen-bond donors (Lipinski definition) is 4. The SMILES string of the molecule is OC1(CNc2nc(NCC3(O)CCC3)c3ccccc3n2)CCC1. The van der Waals surface area contributed by atoms with E-state index in [1.807, 2.05) is 24.3 Å². The van der Waals surface area contributed by atoms with Crippen LogP contribution >= 0.6 is 0 Å². The molecule has 0 unspecified atom stereocenters. The molecule has 2 aromatic rings. The van der Waals surface area contributed by atoms with Crippen LogP contribution in [-0.2, 0) is 0 Å².